The van der Waals surface area contributed by atoms with Crippen LogP contribution >= 0.6 is 0 Å². The van der Waals surface area contributed by atoms with Crippen molar-refractivity contribution in [3.05, 3.63) is 0 Å². The highest BCUT2D eigenvalue weighted by Crippen LogP contribution is 2.30. The van der Waals surface area contributed by atoms with Crippen molar-refractivity contribution in [2.24, 2.45) is 0 Å². The molecular weight excluding hydrogens is 258 g/mol. The fraction of sp³-hybridized carbons (Fsp3) is 0.929. The number of hydrogen-bond acceptors (Lipinski definition) is 5. The fourth-order valence-corrected chi connectivity index (χ4v) is 2.72. The molecule has 0 aromatic carbocycles. The van der Waals surface area contributed by atoms with E-state index in [2.05, 4.69) is 15.1 Å². The van der Waals surface area contributed by atoms with Gasteiger partial charge in [-0.3, -0.25) is 9.69 Å². The highest BCUT2D eigenvalue weighted by atomic mass is 16.7. The number of carbonyl (C=O) groups is 1. The molecule has 20 heavy (non-hydrogen) atoms. The third-order valence-electron chi connectivity index (χ3n) is 3.90. The molecule has 116 valence electrons. The monoisotopic (exact) mass is 285 g/mol. The van der Waals surface area contributed by atoms with Gasteiger partial charge in [-0.25, -0.2) is 0 Å². The summed E-state index contributed by atoms with van der Waals surface area (Å²) in [6.45, 7) is 5.37. The van der Waals surface area contributed by atoms with Crippen LogP contribution in [0.2, 0.25) is 0 Å². The van der Waals surface area contributed by atoms with Gasteiger partial charge in [-0.05, 0) is 27.1 Å². The maximum Gasteiger partial charge on any atom is 0.234 e. The van der Waals surface area contributed by atoms with Crippen LogP contribution in [0.3, 0.4) is 0 Å². The molecule has 2 fully saturated rings. The fourth-order valence-electron chi connectivity index (χ4n) is 2.72. The first kappa shape index (κ1) is 15.7. The number of likely N-dealkylation sites (tertiary alicyclic amines) is 1. The first-order chi connectivity index (χ1) is 9.60. The topological polar surface area (TPSA) is 54.0 Å². The standard InChI is InChI=1S/C14H27N3O3/c1-16(2)7-3-6-15-13(18)12-17-8-4-14(5-9-17)19-10-11-20-14/h3-12H2,1-2H3,(H,15,18). The molecule has 0 aliphatic carbocycles. The Bertz CT molecular complexity index is 307. The molecule has 2 aliphatic heterocycles. The van der Waals surface area contributed by atoms with Crippen LogP contribution in [0.15, 0.2) is 0 Å². The minimum absolute atomic E-state index is 0.118. The molecule has 2 heterocycles. The van der Waals surface area contributed by atoms with Crippen LogP contribution in [0.4, 0.5) is 0 Å². The molecule has 0 atom stereocenters. The number of carbonyl (C=O) groups excluding carboxylic acids is 1. The lowest BCUT2D eigenvalue weighted by Crippen LogP contribution is -2.48. The predicted molar refractivity (Wildman–Crippen MR) is 76.5 cm³/mol. The minimum atomic E-state index is -0.349. The van der Waals surface area contributed by atoms with Crippen molar-refractivity contribution in [3.63, 3.8) is 0 Å². The van der Waals surface area contributed by atoms with E-state index in [-0.39, 0.29) is 11.7 Å². The molecule has 0 saturated carbocycles. The van der Waals surface area contributed by atoms with Gasteiger partial charge < -0.3 is 19.7 Å². The summed E-state index contributed by atoms with van der Waals surface area (Å²) in [6, 6.07) is 0. The molecule has 0 aromatic heterocycles. The Balaban J connectivity index is 1.59. The van der Waals surface area contributed by atoms with E-state index in [1.807, 2.05) is 14.1 Å². The first-order valence-electron chi connectivity index (χ1n) is 7.51. The van der Waals surface area contributed by atoms with Gasteiger partial charge in [0.2, 0.25) is 5.91 Å². The van der Waals surface area contributed by atoms with Crippen LogP contribution in [0.5, 0.6) is 0 Å². The summed E-state index contributed by atoms with van der Waals surface area (Å²) in [7, 11) is 4.08. The molecule has 1 amide bonds. The Morgan fingerprint density at radius 1 is 1.25 bits per heavy atom. The van der Waals surface area contributed by atoms with Crippen LogP contribution in [0.1, 0.15) is 19.3 Å². The average Bonchev–Trinajstić information content (AvgIpc) is 2.86. The zero-order chi connectivity index (χ0) is 14.4. The second-order valence-corrected chi connectivity index (χ2v) is 5.89. The van der Waals surface area contributed by atoms with Crippen molar-refractivity contribution in [3.8, 4) is 0 Å². The molecule has 6 nitrogen and oxygen atoms in total. The molecule has 2 saturated heterocycles. The average molecular weight is 285 g/mol. The normalized spacial score (nSPS) is 22.6. The van der Waals surface area contributed by atoms with Crippen LogP contribution < -0.4 is 5.32 Å². The number of piperidine rings is 1. The maximum atomic E-state index is 11.8. The number of ether oxygens (including phenoxy) is 2. The van der Waals surface area contributed by atoms with Gasteiger partial charge in [-0.2, -0.15) is 0 Å². The number of rotatable bonds is 6. The van der Waals surface area contributed by atoms with Gasteiger partial charge >= 0.3 is 0 Å². The minimum Gasteiger partial charge on any atom is -0.355 e. The van der Waals surface area contributed by atoms with Crippen molar-refractivity contribution in [1.29, 1.82) is 0 Å². The van der Waals surface area contributed by atoms with Gasteiger partial charge in [0.15, 0.2) is 5.79 Å². The lowest BCUT2D eigenvalue weighted by molar-refractivity contribution is -0.185. The number of nitrogens with one attached hydrogen (secondary N) is 1. The predicted octanol–water partition coefficient (Wildman–Crippen LogP) is -0.107. The van der Waals surface area contributed by atoms with E-state index in [0.717, 1.165) is 45.4 Å². The summed E-state index contributed by atoms with van der Waals surface area (Å²) in [5.41, 5.74) is 0. The summed E-state index contributed by atoms with van der Waals surface area (Å²) in [5, 5.41) is 2.98. The van der Waals surface area contributed by atoms with E-state index in [1.165, 1.54) is 0 Å². The van der Waals surface area contributed by atoms with Crippen molar-refractivity contribution < 1.29 is 14.3 Å². The van der Waals surface area contributed by atoms with E-state index in [0.29, 0.717) is 19.8 Å². The van der Waals surface area contributed by atoms with Gasteiger partial charge in [0, 0.05) is 32.5 Å². The molecule has 2 aliphatic rings. The molecule has 0 unspecified atom stereocenters. The zero-order valence-corrected chi connectivity index (χ0v) is 12.7. The van der Waals surface area contributed by atoms with Crippen molar-refractivity contribution in [2.45, 2.75) is 25.0 Å². The summed E-state index contributed by atoms with van der Waals surface area (Å²) < 4.78 is 11.4. The Kier molecular flexibility index (Phi) is 5.77. The summed E-state index contributed by atoms with van der Waals surface area (Å²) in [4.78, 5) is 16.1. The maximum absolute atomic E-state index is 11.8. The second kappa shape index (κ2) is 7.36. The third-order valence-corrected chi connectivity index (χ3v) is 3.90. The summed E-state index contributed by atoms with van der Waals surface area (Å²) in [5.74, 6) is -0.230. The van der Waals surface area contributed by atoms with Gasteiger partial charge in [0.25, 0.3) is 0 Å². The van der Waals surface area contributed by atoms with Crippen LogP contribution in [0, 0.1) is 0 Å². The highest BCUT2D eigenvalue weighted by Gasteiger charge is 2.39. The van der Waals surface area contributed by atoms with Gasteiger partial charge in [-0.15, -0.1) is 0 Å². The smallest absolute Gasteiger partial charge is 0.234 e. The lowest BCUT2D eigenvalue weighted by Gasteiger charge is -2.37. The van der Waals surface area contributed by atoms with Crippen LogP contribution in [-0.4, -0.2) is 81.5 Å². The van der Waals surface area contributed by atoms with Gasteiger partial charge in [0.05, 0.1) is 19.8 Å². The van der Waals surface area contributed by atoms with E-state index in [9.17, 15) is 4.79 Å². The Morgan fingerprint density at radius 3 is 2.50 bits per heavy atom. The number of amides is 1. The second-order valence-electron chi connectivity index (χ2n) is 5.89. The van der Waals surface area contributed by atoms with E-state index in [1.54, 1.807) is 0 Å². The Morgan fingerprint density at radius 2 is 1.90 bits per heavy atom. The zero-order valence-electron chi connectivity index (χ0n) is 12.7. The highest BCUT2D eigenvalue weighted by molar-refractivity contribution is 5.77. The lowest BCUT2D eigenvalue weighted by atomic mass is 10.0. The summed E-state index contributed by atoms with van der Waals surface area (Å²) >= 11 is 0. The van der Waals surface area contributed by atoms with Crippen molar-refractivity contribution >= 4 is 5.91 Å². The quantitative estimate of drug-likeness (QED) is 0.690. The van der Waals surface area contributed by atoms with Crippen LogP contribution in [0.25, 0.3) is 0 Å². The summed E-state index contributed by atoms with van der Waals surface area (Å²) in [6.07, 6.45) is 2.71. The van der Waals surface area contributed by atoms with E-state index < -0.39 is 0 Å². The molecule has 1 spiro atoms. The molecule has 0 radical (unpaired) electrons. The molecular formula is C14H27N3O3. The SMILES string of the molecule is CN(C)CCCNC(=O)CN1CCC2(CC1)OCCO2. The van der Waals surface area contributed by atoms with Crippen molar-refractivity contribution in [1.82, 2.24) is 15.1 Å². The first-order valence-corrected chi connectivity index (χ1v) is 7.51. The molecule has 0 bridgehead atoms. The Labute approximate surface area is 121 Å². The van der Waals surface area contributed by atoms with E-state index >= 15 is 0 Å². The van der Waals surface area contributed by atoms with Crippen LogP contribution in [-0.2, 0) is 14.3 Å². The third kappa shape index (κ3) is 4.70. The molecule has 0 aromatic rings. The number of nitrogens with zero attached hydrogens (tertiary/aromatic N) is 2. The van der Waals surface area contributed by atoms with Gasteiger partial charge in [-0.1, -0.05) is 0 Å². The van der Waals surface area contributed by atoms with Gasteiger partial charge in [0.1, 0.15) is 0 Å². The largest absolute Gasteiger partial charge is 0.355 e. The molecule has 2 rings (SSSR count). The van der Waals surface area contributed by atoms with Crippen molar-refractivity contribution in [2.75, 3.05) is 60.0 Å². The molecule has 1 N–H and O–H groups in total. The van der Waals surface area contributed by atoms with E-state index in [4.69, 9.17) is 9.47 Å². The Hall–Kier alpha value is -0.690. The molecule has 6 heteroatoms. The number of hydrogen-bond donors (Lipinski definition) is 1.